The summed E-state index contributed by atoms with van der Waals surface area (Å²) >= 11 is 5.53. The van der Waals surface area contributed by atoms with Crippen LogP contribution in [0.1, 0.15) is 13.8 Å². The number of β-amino-alcohol motifs (C(OH)–C–C–N with tert-alkyl or cyclic N) is 1. The highest BCUT2D eigenvalue weighted by Gasteiger charge is 2.26. The number of aliphatic hydroxyl groups is 1. The van der Waals surface area contributed by atoms with E-state index in [-0.39, 0.29) is 23.9 Å². The zero-order valence-corrected chi connectivity index (χ0v) is 10.1. The lowest BCUT2D eigenvalue weighted by molar-refractivity contribution is -0.133. The van der Waals surface area contributed by atoms with Crippen LogP contribution >= 0.6 is 11.6 Å². The van der Waals surface area contributed by atoms with E-state index < -0.39 is 0 Å². The predicted octanol–water partition coefficient (Wildman–Crippen LogP) is 0.139. The lowest BCUT2D eigenvalue weighted by Gasteiger charge is -2.40. The summed E-state index contributed by atoms with van der Waals surface area (Å²) in [5.41, 5.74) is 0. The van der Waals surface area contributed by atoms with Gasteiger partial charge in [-0.3, -0.25) is 9.69 Å². The second-order valence-electron chi connectivity index (χ2n) is 4.18. The third kappa shape index (κ3) is 3.63. The fourth-order valence-electron chi connectivity index (χ4n) is 2.02. The Morgan fingerprint density at radius 2 is 2.27 bits per heavy atom. The van der Waals surface area contributed by atoms with Crippen LogP contribution in [-0.4, -0.2) is 65.0 Å². The topological polar surface area (TPSA) is 43.8 Å². The number of hydrogen-bond donors (Lipinski definition) is 1. The van der Waals surface area contributed by atoms with Crippen molar-refractivity contribution in [2.75, 3.05) is 32.1 Å². The second kappa shape index (κ2) is 5.68. The van der Waals surface area contributed by atoms with Crippen LogP contribution in [0.25, 0.3) is 0 Å². The van der Waals surface area contributed by atoms with Gasteiger partial charge in [0.05, 0.1) is 6.10 Å². The summed E-state index contributed by atoms with van der Waals surface area (Å²) < 4.78 is 0. The molecule has 0 aromatic heterocycles. The Bertz CT molecular complexity index is 223. The van der Waals surface area contributed by atoms with Gasteiger partial charge in [-0.2, -0.15) is 0 Å². The van der Waals surface area contributed by atoms with E-state index in [1.165, 1.54) is 0 Å². The second-order valence-corrected chi connectivity index (χ2v) is 4.45. The Kier molecular flexibility index (Phi) is 4.83. The molecule has 15 heavy (non-hydrogen) atoms. The Labute approximate surface area is 95.8 Å². The first-order chi connectivity index (χ1) is 7.04. The smallest absolute Gasteiger partial charge is 0.237 e. The first kappa shape index (κ1) is 12.7. The summed E-state index contributed by atoms with van der Waals surface area (Å²) in [4.78, 5) is 15.4. The molecule has 0 aromatic rings. The maximum absolute atomic E-state index is 11.4. The van der Waals surface area contributed by atoms with Gasteiger partial charge < -0.3 is 10.0 Å². The molecule has 0 saturated carbocycles. The van der Waals surface area contributed by atoms with Crippen LogP contribution in [0.4, 0.5) is 0 Å². The van der Waals surface area contributed by atoms with Crippen molar-refractivity contribution in [3.63, 3.8) is 0 Å². The van der Waals surface area contributed by atoms with Crippen molar-refractivity contribution in [1.82, 2.24) is 9.80 Å². The number of piperazine rings is 1. The van der Waals surface area contributed by atoms with Crippen molar-refractivity contribution < 1.29 is 9.90 Å². The van der Waals surface area contributed by atoms with Crippen molar-refractivity contribution in [2.24, 2.45) is 0 Å². The molecule has 0 aromatic carbocycles. The molecule has 2 unspecified atom stereocenters. The molecule has 0 bridgehead atoms. The van der Waals surface area contributed by atoms with Gasteiger partial charge in [0.2, 0.25) is 5.91 Å². The fraction of sp³-hybridized carbons (Fsp3) is 0.900. The van der Waals surface area contributed by atoms with Gasteiger partial charge in [0.25, 0.3) is 0 Å². The van der Waals surface area contributed by atoms with Crippen molar-refractivity contribution in [1.29, 1.82) is 0 Å². The maximum atomic E-state index is 11.4. The molecule has 1 N–H and O–H groups in total. The quantitative estimate of drug-likeness (QED) is 0.707. The third-order valence-electron chi connectivity index (χ3n) is 2.67. The Balaban J connectivity index is 2.44. The van der Waals surface area contributed by atoms with Gasteiger partial charge in [-0.05, 0) is 13.8 Å². The minimum Gasteiger partial charge on any atom is -0.392 e. The van der Waals surface area contributed by atoms with E-state index in [1.807, 2.05) is 11.8 Å². The molecule has 2 atom stereocenters. The summed E-state index contributed by atoms with van der Waals surface area (Å²) in [5.74, 6) is 0.0571. The lowest BCUT2D eigenvalue weighted by Crippen LogP contribution is -2.55. The Morgan fingerprint density at radius 3 is 2.73 bits per heavy atom. The number of carbonyl (C=O) groups is 1. The Hall–Kier alpha value is -0.320. The van der Waals surface area contributed by atoms with Gasteiger partial charge in [0, 0.05) is 32.2 Å². The molecule has 1 fully saturated rings. The van der Waals surface area contributed by atoms with E-state index in [0.717, 1.165) is 13.1 Å². The van der Waals surface area contributed by atoms with E-state index in [2.05, 4.69) is 4.90 Å². The molecule has 4 nitrogen and oxygen atoms in total. The number of amides is 1. The number of rotatable bonds is 3. The minimum atomic E-state index is -0.313. The highest BCUT2D eigenvalue weighted by molar-refractivity contribution is 6.27. The van der Waals surface area contributed by atoms with Crippen LogP contribution in [-0.2, 0) is 4.79 Å². The number of hydrogen-bond acceptors (Lipinski definition) is 3. The standard InChI is InChI=1S/C10H19ClN2O2/c1-8-6-12(7-9(2)14)3-4-13(8)10(15)5-11/h8-9,14H,3-7H2,1-2H3. The van der Waals surface area contributed by atoms with Gasteiger partial charge in [-0.15, -0.1) is 11.6 Å². The zero-order valence-electron chi connectivity index (χ0n) is 9.32. The van der Waals surface area contributed by atoms with E-state index in [4.69, 9.17) is 11.6 Å². The summed E-state index contributed by atoms with van der Waals surface area (Å²) in [6.45, 7) is 6.80. The molecule has 1 rings (SSSR count). The molecule has 1 aliphatic rings. The van der Waals surface area contributed by atoms with Crippen molar-refractivity contribution >= 4 is 17.5 Å². The predicted molar refractivity (Wildman–Crippen MR) is 60.0 cm³/mol. The lowest BCUT2D eigenvalue weighted by atomic mass is 10.2. The van der Waals surface area contributed by atoms with Crippen LogP contribution in [0.5, 0.6) is 0 Å². The van der Waals surface area contributed by atoms with E-state index in [1.54, 1.807) is 6.92 Å². The molecule has 88 valence electrons. The van der Waals surface area contributed by atoms with E-state index >= 15 is 0 Å². The molecule has 1 aliphatic heterocycles. The van der Waals surface area contributed by atoms with Gasteiger partial charge in [-0.1, -0.05) is 0 Å². The highest BCUT2D eigenvalue weighted by atomic mass is 35.5. The van der Waals surface area contributed by atoms with Gasteiger partial charge >= 0.3 is 0 Å². The average Bonchev–Trinajstić information content (AvgIpc) is 2.16. The first-order valence-corrected chi connectivity index (χ1v) is 5.84. The van der Waals surface area contributed by atoms with Gasteiger partial charge in [0.1, 0.15) is 5.88 Å². The largest absolute Gasteiger partial charge is 0.392 e. The molecule has 0 radical (unpaired) electrons. The van der Waals surface area contributed by atoms with Crippen molar-refractivity contribution in [3.05, 3.63) is 0 Å². The molecule has 5 heteroatoms. The normalized spacial score (nSPS) is 25.3. The molecule has 0 spiro atoms. The van der Waals surface area contributed by atoms with Crippen molar-refractivity contribution in [3.8, 4) is 0 Å². The Morgan fingerprint density at radius 1 is 1.60 bits per heavy atom. The third-order valence-corrected chi connectivity index (χ3v) is 2.90. The van der Waals surface area contributed by atoms with Crippen LogP contribution < -0.4 is 0 Å². The number of carbonyl (C=O) groups excluding carboxylic acids is 1. The average molecular weight is 235 g/mol. The van der Waals surface area contributed by atoms with Gasteiger partial charge in [0.15, 0.2) is 0 Å². The molecule has 1 saturated heterocycles. The SMILES string of the molecule is CC(O)CN1CCN(C(=O)CCl)C(C)C1. The van der Waals surface area contributed by atoms with Crippen LogP contribution in [0, 0.1) is 0 Å². The first-order valence-electron chi connectivity index (χ1n) is 5.30. The molecule has 1 heterocycles. The van der Waals surface area contributed by atoms with Gasteiger partial charge in [-0.25, -0.2) is 0 Å². The number of aliphatic hydroxyl groups excluding tert-OH is 1. The number of nitrogens with zero attached hydrogens (tertiary/aromatic N) is 2. The van der Waals surface area contributed by atoms with Crippen molar-refractivity contribution in [2.45, 2.75) is 26.0 Å². The number of halogens is 1. The minimum absolute atomic E-state index is 0.000800. The molecule has 0 aliphatic carbocycles. The molecular weight excluding hydrogens is 216 g/mol. The number of alkyl halides is 1. The summed E-state index contributed by atoms with van der Waals surface area (Å²) in [5, 5.41) is 9.27. The van der Waals surface area contributed by atoms with Crippen LogP contribution in [0.3, 0.4) is 0 Å². The molecular formula is C10H19ClN2O2. The highest BCUT2D eigenvalue weighted by Crippen LogP contribution is 2.10. The maximum Gasteiger partial charge on any atom is 0.237 e. The van der Waals surface area contributed by atoms with E-state index in [9.17, 15) is 9.90 Å². The van der Waals surface area contributed by atoms with Crippen LogP contribution in [0.15, 0.2) is 0 Å². The van der Waals surface area contributed by atoms with Crippen LogP contribution in [0.2, 0.25) is 0 Å². The van der Waals surface area contributed by atoms with E-state index in [0.29, 0.717) is 13.1 Å². The summed E-state index contributed by atoms with van der Waals surface area (Å²) in [6.07, 6.45) is -0.313. The summed E-state index contributed by atoms with van der Waals surface area (Å²) in [7, 11) is 0. The molecule has 1 amide bonds. The summed E-state index contributed by atoms with van der Waals surface area (Å²) in [6, 6.07) is 0.184. The monoisotopic (exact) mass is 234 g/mol. The fourth-order valence-corrected chi connectivity index (χ4v) is 2.17. The zero-order chi connectivity index (χ0) is 11.4.